The Bertz CT molecular complexity index is 1220. The molecule has 18 heteroatoms. The summed E-state index contributed by atoms with van der Waals surface area (Å²) in [4.78, 5) is 17.4. The van der Waals surface area contributed by atoms with Gasteiger partial charge in [-0.1, -0.05) is 97.4 Å². The molecular weight excluding hydrogens is 1080 g/mol. The first kappa shape index (κ1) is 103. The van der Waals surface area contributed by atoms with E-state index >= 15 is 0 Å². The van der Waals surface area contributed by atoms with Crippen molar-refractivity contribution in [3.8, 4) is 0 Å². The summed E-state index contributed by atoms with van der Waals surface area (Å²) < 4.78 is 0. The Balaban J connectivity index is -0.000000112. The van der Waals surface area contributed by atoms with Crippen molar-refractivity contribution < 1.29 is 51.1 Å². The zero-order valence-electron chi connectivity index (χ0n) is 61.5. The van der Waals surface area contributed by atoms with Crippen LogP contribution in [0.2, 0.25) is 0 Å². The van der Waals surface area contributed by atoms with E-state index in [2.05, 4.69) is 189 Å². The summed E-state index contributed by atoms with van der Waals surface area (Å²) in [6.07, 6.45) is 5.21. The van der Waals surface area contributed by atoms with Crippen LogP contribution in [0.4, 0.5) is 0 Å². The van der Waals surface area contributed by atoms with Gasteiger partial charge in [0.1, 0.15) is 0 Å². The van der Waals surface area contributed by atoms with Gasteiger partial charge in [0.2, 0.25) is 0 Å². The first-order valence-electron chi connectivity index (χ1n) is 32.9. The third kappa shape index (κ3) is 58.1. The maximum absolute atomic E-state index is 9.47. The van der Waals surface area contributed by atoms with Crippen molar-refractivity contribution in [1.29, 1.82) is 0 Å². The third-order valence-corrected chi connectivity index (χ3v) is 16.7. The summed E-state index contributed by atoms with van der Waals surface area (Å²) in [7, 11) is 12.4. The van der Waals surface area contributed by atoms with Crippen LogP contribution in [0.15, 0.2) is 0 Å². The highest BCUT2D eigenvalue weighted by Gasteiger charge is 2.24. The number of nitrogens with zero attached hydrogens (tertiary/aromatic N) is 8. The molecule has 0 aromatic rings. The summed E-state index contributed by atoms with van der Waals surface area (Å²) in [5, 5.41) is 90.3. The van der Waals surface area contributed by atoms with Crippen LogP contribution in [-0.2, 0) is 0 Å². The molecule has 0 aromatic carbocycles. The highest BCUT2D eigenvalue weighted by molar-refractivity contribution is 4.79. The normalized spacial score (nSPS) is 15.5. The van der Waals surface area contributed by atoms with E-state index in [1.54, 1.807) is 4.90 Å². The molecule has 0 spiro atoms. The molecule has 0 aliphatic rings. The average Bonchev–Trinajstić information content (AvgIpc) is 3.47. The molecule has 0 saturated carbocycles. The van der Waals surface area contributed by atoms with Crippen LogP contribution in [-0.4, -0.2) is 309 Å². The Morgan fingerprint density at radius 2 is 0.706 bits per heavy atom. The molecule has 0 amide bonds. The molecule has 11 unspecified atom stereocenters. The molecule has 0 bridgehead atoms. The van der Waals surface area contributed by atoms with Gasteiger partial charge in [-0.15, -0.1) is 0 Å². The van der Waals surface area contributed by atoms with Gasteiger partial charge in [-0.3, -0.25) is 19.6 Å². The Labute approximate surface area is 531 Å². The van der Waals surface area contributed by atoms with Crippen LogP contribution in [0.3, 0.4) is 0 Å². The van der Waals surface area contributed by atoms with Crippen molar-refractivity contribution in [2.45, 2.75) is 296 Å². The number of aliphatic hydroxyl groups is 10. The van der Waals surface area contributed by atoms with Crippen molar-refractivity contribution in [2.75, 3.05) is 141 Å². The summed E-state index contributed by atoms with van der Waals surface area (Å²) in [6, 6.07) is 2.75. The topological polar surface area (TPSA) is 228 Å². The first-order valence-corrected chi connectivity index (χ1v) is 32.9. The standard InChI is InChI=1S/C10H23NO5.2C10H23NO2.C9H21N.C8H19N.C7H17N.C6H15NO.C6H15N.CH4/c1-2-8(14)3-11(4-9(15)6-12)5-10(16)7-13;1-8(2)5-11(9(3)6-12)10(4)7-13;1-5-8(2)11(9(3)6-12)10(4)7-13;1-6-9(4,5)10(7-2)8-3;1-5-8(4)9(6-2)7-3;1-6-7(2,3)8(4)5;1-4-6(5-8)7(2)3;1-5-6(2)7(3)4;/h8-10,12-16H,2-7H2,1H3;2*8-10,12-13H,5-7H2,1-4H3;6-8H2,1-5H3;8H,5-7H2,1-4H3;6H2,1-5H3;6,8H,4-5H2,1-3H3;6H,5H2,1-4H3;1H4. The van der Waals surface area contributed by atoms with Crippen LogP contribution < -0.4 is 0 Å². The van der Waals surface area contributed by atoms with Crippen molar-refractivity contribution in [1.82, 2.24) is 39.2 Å². The predicted molar refractivity (Wildman–Crippen MR) is 371 cm³/mol. The minimum absolute atomic E-state index is 0. The lowest BCUT2D eigenvalue weighted by atomic mass is 9.99. The number of rotatable bonds is 36. The van der Waals surface area contributed by atoms with Gasteiger partial charge in [-0.05, 0) is 195 Å². The summed E-state index contributed by atoms with van der Waals surface area (Å²) >= 11 is 0. The molecule has 0 aromatic heterocycles. The predicted octanol–water partition coefficient (Wildman–Crippen LogP) is 8.00. The molecule has 18 nitrogen and oxygen atoms in total. The van der Waals surface area contributed by atoms with E-state index in [-0.39, 0.29) is 90.9 Å². The highest BCUT2D eigenvalue weighted by atomic mass is 16.3. The van der Waals surface area contributed by atoms with E-state index in [1.807, 2.05) is 53.6 Å². The maximum Gasteiger partial charge on any atom is 0.0897 e. The maximum atomic E-state index is 9.47. The van der Waals surface area contributed by atoms with Gasteiger partial charge in [0.15, 0.2) is 0 Å². The monoisotopic (exact) mass is 1240 g/mol. The van der Waals surface area contributed by atoms with Crippen LogP contribution in [0.25, 0.3) is 0 Å². The quantitative estimate of drug-likeness (QED) is 0.0287. The summed E-state index contributed by atoms with van der Waals surface area (Å²) in [5.41, 5.74) is 0.767. The first-order chi connectivity index (χ1) is 38.9. The van der Waals surface area contributed by atoms with Crippen LogP contribution in [0, 0.1) is 5.92 Å². The molecule has 10 N–H and O–H groups in total. The Kier molecular flexibility index (Phi) is 78.6. The van der Waals surface area contributed by atoms with Crippen molar-refractivity contribution in [3.05, 3.63) is 0 Å². The van der Waals surface area contributed by atoms with E-state index < -0.39 is 18.3 Å². The fourth-order valence-electron chi connectivity index (χ4n) is 8.24. The zero-order valence-corrected chi connectivity index (χ0v) is 61.5. The second-order valence-corrected chi connectivity index (χ2v) is 25.2. The Morgan fingerprint density at radius 1 is 0.353 bits per heavy atom. The molecular formula is C67H160N8O10. The molecule has 11 atom stereocenters. The van der Waals surface area contributed by atoms with Crippen LogP contribution in [0.1, 0.15) is 219 Å². The fraction of sp³-hybridized carbons (Fsp3) is 1.00. The van der Waals surface area contributed by atoms with Crippen molar-refractivity contribution >= 4 is 0 Å². The number of aliphatic hydroxyl groups excluding tert-OH is 10. The molecule has 0 rings (SSSR count). The lowest BCUT2D eigenvalue weighted by molar-refractivity contribution is 0.00570. The molecule has 0 heterocycles. The largest absolute Gasteiger partial charge is 0.395 e. The summed E-state index contributed by atoms with van der Waals surface area (Å²) in [6.45, 7) is 58.1. The molecule has 528 valence electrons. The molecule has 85 heavy (non-hydrogen) atoms. The van der Waals surface area contributed by atoms with Gasteiger partial charge >= 0.3 is 0 Å². The molecule has 0 aliphatic carbocycles. The molecule has 0 saturated heterocycles. The smallest absolute Gasteiger partial charge is 0.0897 e. The second kappa shape index (κ2) is 64.8. The summed E-state index contributed by atoms with van der Waals surface area (Å²) in [5.74, 6) is 0.558. The second-order valence-electron chi connectivity index (χ2n) is 25.2. The van der Waals surface area contributed by atoms with E-state index in [1.165, 1.54) is 38.8 Å². The Morgan fingerprint density at radius 3 is 0.859 bits per heavy atom. The van der Waals surface area contributed by atoms with Gasteiger partial charge in [0.25, 0.3) is 0 Å². The molecule has 0 aliphatic heterocycles. The molecule has 0 radical (unpaired) electrons. The van der Waals surface area contributed by atoms with Gasteiger partial charge in [0, 0.05) is 85.6 Å². The van der Waals surface area contributed by atoms with Crippen molar-refractivity contribution in [2.24, 2.45) is 5.92 Å². The van der Waals surface area contributed by atoms with E-state index in [4.69, 9.17) is 35.7 Å². The Hall–Kier alpha value is -0.720. The van der Waals surface area contributed by atoms with E-state index in [9.17, 15) is 15.3 Å². The number of hydrogen-bond acceptors (Lipinski definition) is 18. The zero-order chi connectivity index (χ0) is 68.1. The van der Waals surface area contributed by atoms with Crippen LogP contribution >= 0.6 is 0 Å². The SMILES string of the molecule is C.CC(C)CN(C(C)CO)C(C)CO.CCC(C)(C)N(C)C.CCC(C)N(C(C)CO)C(C)CO.CCC(C)N(C)C.CCC(C)N(CC)CC.CCC(CO)N(C)C.CCC(O)CN(CC(O)CO)CC(O)CO.CCN(CC)C(C)(C)CC. The number of hydrogen-bond donors (Lipinski definition) is 10. The number of likely N-dealkylation sites (N-methyl/N-ethyl adjacent to an activating group) is 1. The minimum Gasteiger partial charge on any atom is -0.395 e. The third-order valence-electron chi connectivity index (χ3n) is 16.7. The fourth-order valence-corrected chi connectivity index (χ4v) is 8.24. The highest BCUT2D eigenvalue weighted by Crippen LogP contribution is 2.17. The molecule has 0 fully saturated rings. The van der Waals surface area contributed by atoms with E-state index in [0.717, 1.165) is 44.6 Å². The lowest BCUT2D eigenvalue weighted by Crippen LogP contribution is -2.48. The van der Waals surface area contributed by atoms with Gasteiger partial charge in [-0.2, -0.15) is 0 Å². The van der Waals surface area contributed by atoms with Crippen molar-refractivity contribution in [3.63, 3.8) is 0 Å². The van der Waals surface area contributed by atoms with Crippen LogP contribution in [0.5, 0.6) is 0 Å². The lowest BCUT2D eigenvalue weighted by Gasteiger charge is -2.37. The minimum atomic E-state index is -0.907. The van der Waals surface area contributed by atoms with Gasteiger partial charge in [0.05, 0.1) is 64.6 Å². The van der Waals surface area contributed by atoms with Gasteiger partial charge in [-0.25, -0.2) is 0 Å². The van der Waals surface area contributed by atoms with E-state index in [0.29, 0.717) is 42.0 Å². The van der Waals surface area contributed by atoms with Gasteiger partial charge < -0.3 is 70.7 Å². The average molecular weight is 1240 g/mol.